The Hall–Kier alpha value is -7.15. The van der Waals surface area contributed by atoms with Crippen LogP contribution in [0.2, 0.25) is 0 Å². The van der Waals surface area contributed by atoms with Gasteiger partial charge in [-0.25, -0.2) is 0 Å². The first kappa shape index (κ1) is 174. The third-order valence-electron chi connectivity index (χ3n) is 8.64. The second-order valence-corrected chi connectivity index (χ2v) is 17.0. The van der Waals surface area contributed by atoms with Gasteiger partial charge in [-0.2, -0.15) is 0 Å². The molecule has 2 aromatic rings. The highest BCUT2D eigenvalue weighted by Crippen LogP contribution is 2.12. The smallest absolute Gasteiger partial charge is 0.244 e. The normalized spacial score (nSPS) is 8.27. The molecule has 600 valence electrons. The molecule has 1 heterocycles. The number of hydrogen-bond acceptors (Lipinski definition) is 24. The predicted molar refractivity (Wildman–Crippen MR) is 429 cm³/mol. The molecule has 2 atom stereocenters. The summed E-state index contributed by atoms with van der Waals surface area (Å²) < 4.78 is 0. The van der Waals surface area contributed by atoms with Crippen molar-refractivity contribution >= 4 is 85.6 Å². The van der Waals surface area contributed by atoms with E-state index in [0.717, 1.165) is 68.0 Å². The molecule has 0 bridgehead atoms. The van der Waals surface area contributed by atoms with Crippen LogP contribution in [0, 0.1) is 23.7 Å². The van der Waals surface area contributed by atoms with Crippen molar-refractivity contribution in [3.63, 3.8) is 0 Å². The van der Waals surface area contributed by atoms with Crippen LogP contribution in [0.4, 0.5) is 0 Å². The Morgan fingerprint density at radius 2 is 0.643 bits per heavy atom. The number of amides is 3. The van der Waals surface area contributed by atoms with Gasteiger partial charge in [0.15, 0.2) is 0 Å². The summed E-state index contributed by atoms with van der Waals surface area (Å²) in [5.74, 6) is 2.95. The molecule has 1 aliphatic heterocycles. The van der Waals surface area contributed by atoms with Gasteiger partial charge in [-0.15, -0.1) is 13.2 Å². The summed E-state index contributed by atoms with van der Waals surface area (Å²) in [7, 11) is 12.1. The van der Waals surface area contributed by atoms with Gasteiger partial charge in [-0.05, 0) is 131 Å². The van der Waals surface area contributed by atoms with Crippen molar-refractivity contribution in [2.45, 2.75) is 201 Å². The van der Waals surface area contributed by atoms with Gasteiger partial charge in [0, 0.05) is 39.6 Å². The summed E-state index contributed by atoms with van der Waals surface area (Å²) in [6.45, 7) is 66.7. The fourth-order valence-corrected chi connectivity index (χ4v) is 3.94. The fourth-order valence-electron chi connectivity index (χ4n) is 3.94. The fraction of sp³-hybridized carbons (Fsp3) is 0.620. The van der Waals surface area contributed by atoms with Gasteiger partial charge in [0.1, 0.15) is 80.0 Å². The van der Waals surface area contributed by atoms with Gasteiger partial charge in [-0.3, -0.25) is 14.4 Å². The first-order chi connectivity index (χ1) is 45.6. The molecule has 1 saturated heterocycles. The van der Waals surface area contributed by atoms with Crippen LogP contribution in [-0.4, -0.2) is 188 Å². The second kappa shape index (κ2) is 227. The quantitative estimate of drug-likeness (QED) is 0.0984. The number of carbonyl (C=O) groups is 13. The molecule has 0 spiro atoms. The van der Waals surface area contributed by atoms with E-state index in [0.29, 0.717) is 6.42 Å². The third-order valence-corrected chi connectivity index (χ3v) is 8.64. The van der Waals surface area contributed by atoms with Crippen LogP contribution in [0.5, 0.6) is 0 Å². The van der Waals surface area contributed by atoms with Crippen molar-refractivity contribution in [3.05, 3.63) is 84.9 Å². The largest absolute Gasteiger partial charge is 0.394 e. The molecule has 0 saturated carbocycles. The van der Waals surface area contributed by atoms with Crippen LogP contribution in [0.1, 0.15) is 181 Å². The monoisotopic (exact) mass is 1430 g/mol. The van der Waals surface area contributed by atoms with Crippen molar-refractivity contribution in [3.8, 4) is 0 Å². The van der Waals surface area contributed by atoms with Gasteiger partial charge in [0.25, 0.3) is 0 Å². The number of aryl methyl sites for hydroxylation is 1. The Kier molecular flexibility index (Phi) is 405. The van der Waals surface area contributed by atoms with E-state index >= 15 is 0 Å². The summed E-state index contributed by atoms with van der Waals surface area (Å²) in [5.41, 5.74) is 33.9. The van der Waals surface area contributed by atoms with E-state index in [1.54, 1.807) is 27.8 Å². The van der Waals surface area contributed by atoms with Gasteiger partial charge in [-0.1, -0.05) is 184 Å². The minimum absolute atomic E-state index is 0. The summed E-state index contributed by atoms with van der Waals surface area (Å²) in [5, 5.41) is 10.9. The van der Waals surface area contributed by atoms with E-state index in [9.17, 15) is 14.4 Å². The summed E-state index contributed by atoms with van der Waals surface area (Å²) in [6.07, 6.45) is 8.47. The molecule has 1 aliphatic rings. The van der Waals surface area contributed by atoms with Crippen molar-refractivity contribution < 1.29 is 67.4 Å². The number of carbonyl (C=O) groups excluding carboxylic acids is 13. The maximum Gasteiger partial charge on any atom is 0.244 e. The minimum atomic E-state index is -0.647. The van der Waals surface area contributed by atoms with Crippen LogP contribution >= 0.6 is 0 Å². The summed E-state index contributed by atoms with van der Waals surface area (Å²) in [6, 6.07) is 18.8. The molecule has 3 rings (SSSR count). The Bertz CT molecular complexity index is 1360. The number of nitrogens with two attached hydrogens (primary N) is 7. The lowest BCUT2D eigenvalue weighted by Crippen LogP contribution is -2.54. The number of likely N-dealkylation sites (N-methyl/N-ethyl adjacent to an activating group) is 1. The Morgan fingerprint density at radius 3 is 0.806 bits per heavy atom. The summed E-state index contributed by atoms with van der Waals surface area (Å²) in [4.78, 5) is 120. The van der Waals surface area contributed by atoms with Gasteiger partial charge >= 0.3 is 0 Å². The number of nitrogens with zero attached hydrogens (tertiary/aromatic N) is 2. The zero-order chi connectivity index (χ0) is 82.9. The van der Waals surface area contributed by atoms with Crippen LogP contribution in [-0.2, 0) is 75.2 Å². The molecule has 98 heavy (non-hydrogen) atoms. The van der Waals surface area contributed by atoms with Crippen LogP contribution in [0.3, 0.4) is 0 Å². The third kappa shape index (κ3) is 245. The molecule has 27 nitrogen and oxygen atoms in total. The highest BCUT2D eigenvalue weighted by Gasteiger charge is 2.29. The molecule has 3 amide bonds. The maximum atomic E-state index is 12.8. The average Bonchev–Trinajstić information content (AvgIpc) is 1.78. The second-order valence-electron chi connectivity index (χ2n) is 17.0. The Morgan fingerprint density at radius 1 is 0.449 bits per heavy atom. The molecule has 27 heteroatoms. The van der Waals surface area contributed by atoms with Crippen molar-refractivity contribution in [1.82, 2.24) is 33.6 Å². The lowest BCUT2D eigenvalue weighted by atomic mass is 10.0. The molecule has 0 aromatic heterocycles. The SMILES string of the molecule is C=C.C=O.C=O.C=O.C=O.C=O.C=O.C=O.C=O.C=O.C=O.CC.CC(=O)N(C)[C@@H](Cc1ccccc1)C(=O)N[C@@H](C)C(=O)N1CCCCC1.CC(C)C.CC(C)O.CCC(C)C.CCC(C)C.CCC(C)C.CCc1ccccc1.CN.CN.CN.CN.CN.CN.CN.N.N.N. The van der Waals surface area contributed by atoms with Gasteiger partial charge in [0.2, 0.25) is 17.7 Å². The van der Waals surface area contributed by atoms with E-state index < -0.39 is 12.1 Å². The van der Waals surface area contributed by atoms with E-state index in [1.807, 2.05) is 123 Å². The average molecular weight is 1430 g/mol. The molecule has 1 fully saturated rings. The van der Waals surface area contributed by atoms with Crippen molar-refractivity contribution in [2.75, 3.05) is 69.5 Å². The molecular weight excluding hydrogens is 1260 g/mol. The standard InChI is InChI=1S/C20H29N3O3.C8H10.3C5H12.C4H10.C3H8O.C2H6.C2H4.7CH5N.10CH2O.3H3N/c1-15(20(26)23-12-8-5-9-13-23)21-19(25)18(22(3)16(2)24)14-17-10-6-4-7-11-17;1-2-8-6-4-3-5-7-8;3*1-4-5(2)3;1-4(2)3;1-3(2)4;19*1-2;;;/h4,6-7,10-11,15,18H,5,8-9,12-14H2,1-3H3,(H,21,25);3-7H,2H2,1H3;3*5H,4H2,1-3H3;4H,1-3H3;3-4H,1-2H3;1-2H3;1-2H2;7*2H2,1H3;10*1H2;3*1H3/t15-,18-;;;;;;;;;;;;;;;;;;;;;;;;;;;;/m0............................/s1. The molecule has 0 unspecified atom stereocenters. The number of piperidine rings is 1. The van der Waals surface area contributed by atoms with Crippen molar-refractivity contribution in [1.29, 1.82) is 0 Å². The Labute approximate surface area is 603 Å². The zero-order valence-corrected chi connectivity index (χ0v) is 68.2. The highest BCUT2D eigenvalue weighted by atomic mass is 16.3. The first-order valence-corrected chi connectivity index (χ1v) is 30.6. The summed E-state index contributed by atoms with van der Waals surface area (Å²) >= 11 is 0. The van der Waals surface area contributed by atoms with E-state index in [1.165, 1.54) is 86.0 Å². The lowest BCUT2D eigenvalue weighted by molar-refractivity contribution is -0.140. The van der Waals surface area contributed by atoms with E-state index in [2.05, 4.69) is 173 Å². The number of likely N-dealkylation sites (tertiary alicyclic amines) is 1. The molecule has 2 aromatic carbocycles. The lowest BCUT2D eigenvalue weighted by Gasteiger charge is -2.31. The number of aliphatic hydroxyl groups is 1. The van der Waals surface area contributed by atoms with Crippen molar-refractivity contribution in [2.24, 2.45) is 63.8 Å². The van der Waals surface area contributed by atoms with Crippen LogP contribution in [0.15, 0.2) is 73.8 Å². The minimum Gasteiger partial charge on any atom is -0.394 e. The number of benzene rings is 2. The van der Waals surface area contributed by atoms with E-state index in [-0.39, 0.29) is 42.3 Å². The predicted octanol–water partition coefficient (Wildman–Crippen LogP) is 9.54. The number of nitrogens with one attached hydrogen (secondary N) is 1. The highest BCUT2D eigenvalue weighted by molar-refractivity contribution is 5.91. The van der Waals surface area contributed by atoms with Crippen LogP contribution < -0.4 is 63.9 Å². The molecule has 25 N–H and O–H groups in total. The number of aliphatic hydroxyl groups excluding tert-OH is 1. The van der Waals surface area contributed by atoms with Gasteiger partial charge < -0.3 is 127 Å². The molecule has 0 radical (unpaired) electrons. The van der Waals surface area contributed by atoms with E-state index in [4.69, 9.17) is 53.1 Å². The Balaban J connectivity index is -0.0000000256. The zero-order valence-electron chi connectivity index (χ0n) is 68.2. The number of rotatable bonds is 10. The molecular formula is C71H167N13O14. The maximum absolute atomic E-state index is 12.8. The first-order valence-electron chi connectivity index (χ1n) is 30.6. The number of hydrogen-bond donors (Lipinski definition) is 12. The topological polar surface area (TPSA) is 548 Å². The van der Waals surface area contributed by atoms with Crippen LogP contribution in [0.25, 0.3) is 0 Å². The van der Waals surface area contributed by atoms with Gasteiger partial charge in [0.05, 0.1) is 0 Å². The molecule has 0 aliphatic carbocycles.